The zero-order valence-corrected chi connectivity index (χ0v) is 17.1. The normalized spacial score (nSPS) is 10.8. The molecular formula is C21H19BrO6. The van der Waals surface area contributed by atoms with E-state index in [0.29, 0.717) is 44.7 Å². The standard InChI is InChI=1S/C21H19BrO6/c1-13-20(21(24)26-9-8-25-2)15-10-19(16(22)11-18(15)28-13)27-12-17(23)14-6-4-3-5-7-14/h3-7,10-11H,8-9,12H2,1-2H3. The minimum Gasteiger partial charge on any atom is -0.484 e. The minimum absolute atomic E-state index is 0.126. The third-order valence-electron chi connectivity index (χ3n) is 4.10. The van der Waals surface area contributed by atoms with Gasteiger partial charge in [0, 0.05) is 18.1 Å². The number of hydrogen-bond acceptors (Lipinski definition) is 6. The van der Waals surface area contributed by atoms with E-state index in [1.807, 2.05) is 6.07 Å². The molecule has 1 aromatic heterocycles. The van der Waals surface area contributed by atoms with E-state index in [1.165, 1.54) is 7.11 Å². The predicted molar refractivity (Wildman–Crippen MR) is 107 cm³/mol. The number of carbonyl (C=O) groups is 2. The van der Waals surface area contributed by atoms with Gasteiger partial charge in [-0.25, -0.2) is 4.79 Å². The highest BCUT2D eigenvalue weighted by atomic mass is 79.9. The zero-order valence-electron chi connectivity index (χ0n) is 15.5. The van der Waals surface area contributed by atoms with Crippen molar-refractivity contribution in [1.29, 1.82) is 0 Å². The first kappa shape index (κ1) is 20.1. The summed E-state index contributed by atoms with van der Waals surface area (Å²) >= 11 is 3.42. The van der Waals surface area contributed by atoms with Crippen LogP contribution in [0.2, 0.25) is 0 Å². The lowest BCUT2D eigenvalue weighted by Gasteiger charge is -2.08. The third kappa shape index (κ3) is 4.43. The van der Waals surface area contributed by atoms with Crippen LogP contribution in [0.25, 0.3) is 11.0 Å². The maximum absolute atomic E-state index is 12.4. The van der Waals surface area contributed by atoms with E-state index in [4.69, 9.17) is 18.6 Å². The molecule has 3 rings (SSSR count). The van der Waals surface area contributed by atoms with Crippen LogP contribution in [0.5, 0.6) is 5.75 Å². The maximum Gasteiger partial charge on any atom is 0.342 e. The lowest BCUT2D eigenvalue weighted by atomic mass is 10.1. The number of hydrogen-bond donors (Lipinski definition) is 0. The van der Waals surface area contributed by atoms with Gasteiger partial charge in [-0.3, -0.25) is 4.79 Å². The zero-order chi connectivity index (χ0) is 20.1. The van der Waals surface area contributed by atoms with E-state index in [1.54, 1.807) is 43.3 Å². The Hall–Kier alpha value is -2.64. The molecule has 0 unspecified atom stereocenters. The number of fused-ring (bicyclic) bond motifs is 1. The van der Waals surface area contributed by atoms with E-state index in [2.05, 4.69) is 15.9 Å². The second-order valence-corrected chi connectivity index (χ2v) is 6.87. The van der Waals surface area contributed by atoms with Gasteiger partial charge in [-0.1, -0.05) is 30.3 Å². The SMILES string of the molecule is COCCOC(=O)c1c(C)oc2cc(Br)c(OCC(=O)c3ccccc3)cc12. The van der Waals surface area contributed by atoms with Crippen LogP contribution >= 0.6 is 15.9 Å². The Morgan fingerprint density at radius 2 is 1.86 bits per heavy atom. The topological polar surface area (TPSA) is 75.0 Å². The molecule has 3 aromatic rings. The number of furan rings is 1. The lowest BCUT2D eigenvalue weighted by Crippen LogP contribution is -2.12. The Kier molecular flexibility index (Phi) is 6.49. The number of Topliss-reactive ketones (excluding diaryl/α,β-unsaturated/α-hetero) is 1. The van der Waals surface area contributed by atoms with Crippen molar-refractivity contribution < 1.29 is 28.2 Å². The molecule has 28 heavy (non-hydrogen) atoms. The van der Waals surface area contributed by atoms with Crippen LogP contribution in [-0.2, 0) is 9.47 Å². The van der Waals surface area contributed by atoms with Crippen molar-refractivity contribution in [3.05, 3.63) is 63.8 Å². The molecule has 0 amide bonds. The molecule has 0 saturated heterocycles. The van der Waals surface area contributed by atoms with Gasteiger partial charge in [0.15, 0.2) is 12.4 Å². The maximum atomic E-state index is 12.4. The molecule has 7 heteroatoms. The van der Waals surface area contributed by atoms with E-state index in [-0.39, 0.29) is 19.0 Å². The lowest BCUT2D eigenvalue weighted by molar-refractivity contribution is 0.0388. The summed E-state index contributed by atoms with van der Waals surface area (Å²) in [5, 5.41) is 0.560. The number of benzene rings is 2. The van der Waals surface area contributed by atoms with E-state index >= 15 is 0 Å². The van der Waals surface area contributed by atoms with E-state index < -0.39 is 5.97 Å². The third-order valence-corrected chi connectivity index (χ3v) is 4.72. The van der Waals surface area contributed by atoms with Crippen molar-refractivity contribution >= 4 is 38.7 Å². The summed E-state index contributed by atoms with van der Waals surface area (Å²) in [4.78, 5) is 24.7. The molecule has 0 fully saturated rings. The monoisotopic (exact) mass is 446 g/mol. The molecule has 0 bridgehead atoms. The summed E-state index contributed by atoms with van der Waals surface area (Å²) in [7, 11) is 1.53. The van der Waals surface area contributed by atoms with Gasteiger partial charge in [0.1, 0.15) is 29.3 Å². The second kappa shape index (κ2) is 9.03. The summed E-state index contributed by atoms with van der Waals surface area (Å²) in [5.74, 6) is 0.238. The first-order valence-corrected chi connectivity index (χ1v) is 9.40. The fourth-order valence-electron chi connectivity index (χ4n) is 2.73. The molecule has 0 radical (unpaired) electrons. The van der Waals surface area contributed by atoms with Crippen LogP contribution < -0.4 is 4.74 Å². The molecule has 0 aliphatic heterocycles. The number of rotatable bonds is 8. The average molecular weight is 447 g/mol. The van der Waals surface area contributed by atoms with Gasteiger partial charge in [0.05, 0.1) is 11.1 Å². The van der Waals surface area contributed by atoms with Gasteiger partial charge in [-0.15, -0.1) is 0 Å². The first-order valence-electron chi connectivity index (χ1n) is 8.61. The van der Waals surface area contributed by atoms with Crippen molar-refractivity contribution in [2.75, 3.05) is 26.9 Å². The molecule has 1 heterocycles. The van der Waals surface area contributed by atoms with Crippen LogP contribution in [0.15, 0.2) is 51.4 Å². The summed E-state index contributed by atoms with van der Waals surface area (Å²) in [6.07, 6.45) is 0. The Balaban J connectivity index is 1.83. The molecular weight excluding hydrogens is 428 g/mol. The van der Waals surface area contributed by atoms with Crippen LogP contribution in [0.3, 0.4) is 0 Å². The number of halogens is 1. The van der Waals surface area contributed by atoms with Gasteiger partial charge in [0.25, 0.3) is 0 Å². The van der Waals surface area contributed by atoms with Crippen LogP contribution in [0, 0.1) is 6.92 Å². The first-order chi connectivity index (χ1) is 13.5. The summed E-state index contributed by atoms with van der Waals surface area (Å²) < 4.78 is 22.1. The predicted octanol–water partition coefficient (Wildman–Crippen LogP) is 4.57. The molecule has 146 valence electrons. The Bertz CT molecular complexity index is 993. The van der Waals surface area contributed by atoms with E-state index in [9.17, 15) is 9.59 Å². The Labute approximate surface area is 170 Å². The Morgan fingerprint density at radius 3 is 2.57 bits per heavy atom. The van der Waals surface area contributed by atoms with Crippen molar-refractivity contribution in [3.8, 4) is 5.75 Å². The van der Waals surface area contributed by atoms with Crippen LogP contribution in [0.1, 0.15) is 26.5 Å². The van der Waals surface area contributed by atoms with Crippen molar-refractivity contribution in [2.24, 2.45) is 0 Å². The molecule has 2 aromatic carbocycles. The molecule has 0 aliphatic carbocycles. The number of aryl methyl sites for hydroxylation is 1. The highest BCUT2D eigenvalue weighted by Crippen LogP contribution is 2.35. The summed E-state index contributed by atoms with van der Waals surface area (Å²) in [5.41, 5.74) is 1.42. The van der Waals surface area contributed by atoms with Gasteiger partial charge in [-0.2, -0.15) is 0 Å². The molecule has 0 N–H and O–H groups in total. The summed E-state index contributed by atoms with van der Waals surface area (Å²) in [6.45, 7) is 2.02. The number of ether oxygens (including phenoxy) is 3. The van der Waals surface area contributed by atoms with E-state index in [0.717, 1.165) is 0 Å². The van der Waals surface area contributed by atoms with Gasteiger partial charge >= 0.3 is 5.97 Å². The fraction of sp³-hybridized carbons (Fsp3) is 0.238. The van der Waals surface area contributed by atoms with Crippen molar-refractivity contribution in [2.45, 2.75) is 6.92 Å². The Morgan fingerprint density at radius 1 is 1.11 bits per heavy atom. The van der Waals surface area contributed by atoms with Crippen molar-refractivity contribution in [3.63, 3.8) is 0 Å². The quantitative estimate of drug-likeness (QED) is 0.286. The van der Waals surface area contributed by atoms with Crippen LogP contribution in [0.4, 0.5) is 0 Å². The minimum atomic E-state index is -0.498. The smallest absolute Gasteiger partial charge is 0.342 e. The average Bonchev–Trinajstić information content (AvgIpc) is 3.01. The summed E-state index contributed by atoms with van der Waals surface area (Å²) in [6, 6.07) is 12.3. The fourth-order valence-corrected chi connectivity index (χ4v) is 3.16. The largest absolute Gasteiger partial charge is 0.484 e. The second-order valence-electron chi connectivity index (χ2n) is 6.02. The van der Waals surface area contributed by atoms with Gasteiger partial charge in [0.2, 0.25) is 0 Å². The van der Waals surface area contributed by atoms with Crippen molar-refractivity contribution in [1.82, 2.24) is 0 Å². The molecule has 0 atom stereocenters. The molecule has 0 spiro atoms. The number of methoxy groups -OCH3 is 1. The highest BCUT2D eigenvalue weighted by Gasteiger charge is 2.21. The number of carbonyl (C=O) groups excluding carboxylic acids is 2. The number of esters is 1. The molecule has 0 saturated carbocycles. The van der Waals surface area contributed by atoms with Gasteiger partial charge < -0.3 is 18.6 Å². The highest BCUT2D eigenvalue weighted by molar-refractivity contribution is 9.10. The van der Waals surface area contributed by atoms with Crippen LogP contribution in [-0.4, -0.2) is 38.7 Å². The van der Waals surface area contributed by atoms with Gasteiger partial charge in [-0.05, 0) is 35.0 Å². The number of ketones is 1. The molecule has 6 nitrogen and oxygen atoms in total. The molecule has 0 aliphatic rings.